The molecular formula is C40H42GeIrN4O-2. The molecule has 0 saturated heterocycles. The molecule has 0 unspecified atom stereocenters. The summed E-state index contributed by atoms with van der Waals surface area (Å²) >= 11 is -1.86. The number of hydrogen-bond acceptors (Lipinski definition) is 4. The van der Waals surface area contributed by atoms with Crippen LogP contribution in [0.3, 0.4) is 0 Å². The Bertz CT molecular complexity index is 2140. The van der Waals surface area contributed by atoms with Crippen LogP contribution in [0.2, 0.25) is 17.3 Å². The predicted molar refractivity (Wildman–Crippen MR) is 194 cm³/mol. The summed E-state index contributed by atoms with van der Waals surface area (Å²) in [5.41, 5.74) is 7.87. The molecule has 0 spiro atoms. The van der Waals surface area contributed by atoms with E-state index in [1.807, 2.05) is 60.7 Å². The Morgan fingerprint density at radius 3 is 2.34 bits per heavy atom. The number of para-hydroxylation sites is 2. The van der Waals surface area contributed by atoms with Crippen LogP contribution in [-0.2, 0) is 32.1 Å². The number of furan rings is 1. The third-order valence-corrected chi connectivity index (χ3v) is 12.4. The van der Waals surface area contributed by atoms with Gasteiger partial charge in [-0.3, -0.25) is 4.98 Å². The third kappa shape index (κ3) is 7.30. The molecule has 0 aliphatic rings. The van der Waals surface area contributed by atoms with Gasteiger partial charge in [0.25, 0.3) is 0 Å². The van der Waals surface area contributed by atoms with Crippen molar-refractivity contribution in [3.63, 3.8) is 0 Å². The zero-order chi connectivity index (χ0) is 32.6. The Hall–Kier alpha value is -3.58. The van der Waals surface area contributed by atoms with Crippen LogP contribution >= 0.6 is 0 Å². The first-order valence-corrected chi connectivity index (χ1v) is 23.4. The molecule has 0 amide bonds. The largest absolute Gasteiger partial charge is 0 e. The molecule has 5 nitrogen and oxygen atoms in total. The molecule has 7 rings (SSSR count). The summed E-state index contributed by atoms with van der Waals surface area (Å²) in [4.78, 5) is 14.0. The van der Waals surface area contributed by atoms with Gasteiger partial charge < -0.3 is 8.98 Å². The van der Waals surface area contributed by atoms with E-state index in [-0.39, 0.29) is 25.6 Å². The molecule has 0 bridgehead atoms. The number of nitrogens with zero attached hydrogens (tertiary/aromatic N) is 4. The topological polar surface area (TPSA) is 56.7 Å². The van der Waals surface area contributed by atoms with E-state index < -0.39 is 13.3 Å². The Morgan fingerprint density at radius 1 is 0.872 bits per heavy atom. The molecule has 0 saturated carbocycles. The molecule has 0 aliphatic carbocycles. The van der Waals surface area contributed by atoms with Crippen molar-refractivity contribution in [2.75, 3.05) is 0 Å². The van der Waals surface area contributed by atoms with Gasteiger partial charge in [-0.25, -0.2) is 4.98 Å². The fraction of sp³-hybridized carbons (Fsp3) is 0.275. The molecule has 0 atom stereocenters. The van der Waals surface area contributed by atoms with Crippen molar-refractivity contribution in [3.8, 4) is 22.6 Å². The summed E-state index contributed by atoms with van der Waals surface area (Å²) < 4.78 is 9.90. The molecule has 4 heterocycles. The second-order valence-electron chi connectivity index (χ2n) is 14.3. The van der Waals surface area contributed by atoms with Crippen LogP contribution in [-0.4, -0.2) is 32.8 Å². The fourth-order valence-corrected chi connectivity index (χ4v) is 9.43. The second-order valence-corrected chi connectivity index (χ2v) is 24.9. The minimum absolute atomic E-state index is 0. The average Bonchev–Trinajstić information content (AvgIpc) is 3.60. The van der Waals surface area contributed by atoms with Crippen molar-refractivity contribution in [1.29, 1.82) is 0 Å². The van der Waals surface area contributed by atoms with E-state index in [0.29, 0.717) is 11.6 Å². The van der Waals surface area contributed by atoms with E-state index >= 15 is 0 Å². The van der Waals surface area contributed by atoms with E-state index in [4.69, 9.17) is 14.4 Å². The average molecular weight is 860 g/mol. The molecule has 0 aliphatic heterocycles. The van der Waals surface area contributed by atoms with Gasteiger partial charge in [0.05, 0.1) is 22.4 Å². The Morgan fingerprint density at radius 2 is 1.64 bits per heavy atom. The standard InChI is InChI=1S/C22H18N3O.C18H24GeN.Ir/c1-22(2,3)25-18-12-5-4-11-17(18)24-20(25)16-9-6-8-14-15-10-7-13-23-21(15)26-19(14)16;1-14(2)11-16-12-18(15-9-7-6-8-10-15)20-13-17(16)19(3,4)5;/h4-8,10-13H,1-3H3;6-9,12-14H,11H2,1-5H3;/q2*-1;. The zero-order valence-corrected chi connectivity index (χ0v) is 33.0. The molecule has 4 aromatic heterocycles. The summed E-state index contributed by atoms with van der Waals surface area (Å²) in [5.74, 6) is 8.86. The first kappa shape index (κ1) is 34.7. The van der Waals surface area contributed by atoms with Crippen molar-refractivity contribution < 1.29 is 24.5 Å². The maximum Gasteiger partial charge on any atom is 0 e. The minimum Gasteiger partial charge on any atom is 0 e. The molecule has 3 aromatic carbocycles. The van der Waals surface area contributed by atoms with E-state index in [2.05, 4.69) is 98.0 Å². The van der Waals surface area contributed by atoms with Gasteiger partial charge in [0.2, 0.25) is 5.71 Å². The van der Waals surface area contributed by atoms with Crippen LogP contribution in [0, 0.1) is 18.1 Å². The van der Waals surface area contributed by atoms with Crippen LogP contribution in [0.5, 0.6) is 0 Å². The second kappa shape index (κ2) is 13.9. The number of aromatic nitrogens is 4. The van der Waals surface area contributed by atoms with Crippen molar-refractivity contribution in [2.24, 2.45) is 5.92 Å². The Balaban J connectivity index is 0.000000188. The maximum absolute atomic E-state index is 6.11. The molecule has 0 N–H and O–H groups in total. The van der Waals surface area contributed by atoms with Crippen LogP contribution in [0.15, 0.2) is 95.7 Å². The molecule has 47 heavy (non-hydrogen) atoms. The van der Waals surface area contributed by atoms with Crippen LogP contribution in [0.4, 0.5) is 0 Å². The smallest absolute Gasteiger partial charge is 0 e. The number of benzene rings is 3. The summed E-state index contributed by atoms with van der Waals surface area (Å²) in [6.07, 6.45) is 5.02. The summed E-state index contributed by atoms with van der Waals surface area (Å²) in [6.45, 7) is 11.1. The molecular weight excluding hydrogens is 817 g/mol. The number of rotatable bonds is 5. The fourth-order valence-electron chi connectivity index (χ4n) is 6.10. The molecule has 243 valence electrons. The Kier molecular flexibility index (Phi) is 10.3. The molecule has 7 aromatic rings. The van der Waals surface area contributed by atoms with E-state index in [1.165, 1.54) is 5.56 Å². The van der Waals surface area contributed by atoms with Crippen molar-refractivity contribution in [2.45, 2.75) is 63.8 Å². The van der Waals surface area contributed by atoms with E-state index in [9.17, 15) is 0 Å². The number of imidazole rings is 1. The van der Waals surface area contributed by atoms with Crippen LogP contribution in [0.25, 0.3) is 55.7 Å². The van der Waals surface area contributed by atoms with Crippen LogP contribution < -0.4 is 4.40 Å². The number of fused-ring (bicyclic) bond motifs is 4. The molecule has 0 fully saturated rings. The number of hydrogen-bond donors (Lipinski definition) is 0. The van der Waals surface area contributed by atoms with Crippen molar-refractivity contribution in [1.82, 2.24) is 19.5 Å². The van der Waals surface area contributed by atoms with Gasteiger partial charge >= 0.3 is 126 Å². The van der Waals surface area contributed by atoms with Gasteiger partial charge in [0.1, 0.15) is 0 Å². The summed E-state index contributed by atoms with van der Waals surface area (Å²) in [7, 11) is 0. The van der Waals surface area contributed by atoms with Crippen LogP contribution in [0.1, 0.15) is 40.2 Å². The normalized spacial score (nSPS) is 11.9. The van der Waals surface area contributed by atoms with Crippen molar-refractivity contribution >= 4 is 50.8 Å². The monoisotopic (exact) mass is 861 g/mol. The minimum atomic E-state index is -1.86. The predicted octanol–water partition coefficient (Wildman–Crippen LogP) is 9.84. The molecule has 7 heteroatoms. The number of pyridine rings is 2. The van der Waals surface area contributed by atoms with Gasteiger partial charge in [-0.05, 0) is 45.0 Å². The van der Waals surface area contributed by atoms with Gasteiger partial charge in [-0.2, -0.15) is 0 Å². The quantitative estimate of drug-likeness (QED) is 0.128. The summed E-state index contributed by atoms with van der Waals surface area (Å²) in [6, 6.07) is 33.1. The van der Waals surface area contributed by atoms with Gasteiger partial charge in [0, 0.05) is 37.2 Å². The zero-order valence-electron chi connectivity index (χ0n) is 28.5. The molecule has 1 radical (unpaired) electrons. The van der Waals surface area contributed by atoms with Gasteiger partial charge in [0.15, 0.2) is 0 Å². The first-order valence-electron chi connectivity index (χ1n) is 16.0. The van der Waals surface area contributed by atoms with E-state index in [0.717, 1.165) is 56.5 Å². The summed E-state index contributed by atoms with van der Waals surface area (Å²) in [5, 5.41) is 2.05. The maximum atomic E-state index is 6.11. The third-order valence-electron chi connectivity index (χ3n) is 8.08. The van der Waals surface area contributed by atoms with E-state index in [1.54, 1.807) is 10.6 Å². The van der Waals surface area contributed by atoms with Gasteiger partial charge in [-0.1, -0.05) is 23.1 Å². The first-order chi connectivity index (χ1) is 21.9. The Labute approximate surface area is 294 Å². The van der Waals surface area contributed by atoms with Gasteiger partial charge in [-0.15, -0.1) is 18.2 Å². The SMILES string of the molecule is CC(C)(C)n1c(-c2[c-]ccc3c2oc2ncccc23)nc2ccccc21.CC(C)Cc1cc(-c2[c-]cccc2)nc[c]1[Ge]([CH3])([CH3])[CH3].[Ir]. The van der Waals surface area contributed by atoms with Crippen molar-refractivity contribution in [3.05, 3.63) is 109 Å².